The van der Waals surface area contributed by atoms with Gasteiger partial charge in [0.25, 0.3) is 0 Å². The summed E-state index contributed by atoms with van der Waals surface area (Å²) in [4.78, 5) is 0.297. The first kappa shape index (κ1) is 19.5. The van der Waals surface area contributed by atoms with Gasteiger partial charge in [-0.25, -0.2) is 13.1 Å². The van der Waals surface area contributed by atoms with Gasteiger partial charge in [0.1, 0.15) is 0 Å². The van der Waals surface area contributed by atoms with E-state index in [2.05, 4.69) is 4.72 Å². The minimum Gasteiger partial charge on any atom is -0.388 e. The minimum absolute atomic E-state index is 0.166. The summed E-state index contributed by atoms with van der Waals surface area (Å²) in [6.07, 6.45) is -0.434. The third-order valence-electron chi connectivity index (χ3n) is 4.97. The Bertz CT molecular complexity index is 1070. The highest BCUT2D eigenvalue weighted by Crippen LogP contribution is 2.26. The predicted molar refractivity (Wildman–Crippen MR) is 109 cm³/mol. The normalized spacial score (nSPS) is 13.0. The van der Waals surface area contributed by atoms with Crippen molar-refractivity contribution in [1.82, 2.24) is 4.72 Å². The quantitative estimate of drug-likeness (QED) is 0.671. The average Bonchev–Trinajstić information content (AvgIpc) is 2.63. The number of aliphatic hydroxyl groups is 1. The molecule has 2 N–H and O–H groups in total. The summed E-state index contributed by atoms with van der Waals surface area (Å²) in [6.45, 7) is 5.83. The second kappa shape index (κ2) is 7.80. The number of fused-ring (bicyclic) bond motifs is 1. The van der Waals surface area contributed by atoms with Crippen LogP contribution in [0.3, 0.4) is 0 Å². The molecule has 3 rings (SSSR count). The molecule has 4 nitrogen and oxygen atoms in total. The van der Waals surface area contributed by atoms with Crippen LogP contribution in [0, 0.1) is 20.8 Å². The number of hydrogen-bond acceptors (Lipinski definition) is 3. The molecule has 27 heavy (non-hydrogen) atoms. The Labute approximate surface area is 160 Å². The standard InChI is InChI=1S/C22H25NO3S/c1-15-13-17(3)22(14-16(15)2)27(25,26)23-12-11-21(24)20-10-6-8-18-7-4-5-9-19(18)20/h4-10,13-14,21,23-24H,11-12H2,1-3H3. The van der Waals surface area contributed by atoms with Crippen LogP contribution in [0.2, 0.25) is 0 Å². The predicted octanol–water partition coefficient (Wildman–Crippen LogP) is 4.17. The second-order valence-corrected chi connectivity index (χ2v) is 8.71. The second-order valence-electron chi connectivity index (χ2n) is 6.97. The molecule has 3 aromatic carbocycles. The van der Waals surface area contributed by atoms with E-state index in [1.54, 1.807) is 13.0 Å². The van der Waals surface area contributed by atoms with E-state index in [0.29, 0.717) is 11.3 Å². The molecular weight excluding hydrogens is 358 g/mol. The highest BCUT2D eigenvalue weighted by molar-refractivity contribution is 7.89. The van der Waals surface area contributed by atoms with E-state index in [4.69, 9.17) is 0 Å². The zero-order valence-electron chi connectivity index (χ0n) is 15.9. The number of hydrogen-bond donors (Lipinski definition) is 2. The van der Waals surface area contributed by atoms with Crippen LogP contribution in [0.15, 0.2) is 59.5 Å². The molecule has 0 fully saturated rings. The molecule has 0 aliphatic carbocycles. The van der Waals surface area contributed by atoms with Crippen molar-refractivity contribution in [2.75, 3.05) is 6.54 Å². The van der Waals surface area contributed by atoms with E-state index >= 15 is 0 Å². The molecule has 3 aromatic rings. The third-order valence-corrected chi connectivity index (χ3v) is 6.58. The van der Waals surface area contributed by atoms with Gasteiger partial charge in [-0.3, -0.25) is 0 Å². The molecule has 0 saturated heterocycles. The van der Waals surface area contributed by atoms with E-state index in [1.807, 2.05) is 62.4 Å². The summed E-state index contributed by atoms with van der Waals surface area (Å²) in [5.74, 6) is 0. The fourth-order valence-corrected chi connectivity index (χ4v) is 4.68. The van der Waals surface area contributed by atoms with Crippen LogP contribution >= 0.6 is 0 Å². The van der Waals surface area contributed by atoms with Gasteiger partial charge in [0.15, 0.2) is 0 Å². The molecule has 0 aliphatic heterocycles. The Hall–Kier alpha value is -2.21. The minimum atomic E-state index is -3.61. The number of sulfonamides is 1. The van der Waals surface area contributed by atoms with Crippen molar-refractivity contribution in [2.24, 2.45) is 0 Å². The maximum Gasteiger partial charge on any atom is 0.240 e. The SMILES string of the molecule is Cc1cc(C)c(S(=O)(=O)NCCC(O)c2cccc3ccccc23)cc1C. The number of aryl methyl sites for hydroxylation is 3. The molecule has 0 amide bonds. The molecule has 5 heteroatoms. The van der Waals surface area contributed by atoms with Crippen molar-refractivity contribution < 1.29 is 13.5 Å². The average molecular weight is 384 g/mol. The largest absolute Gasteiger partial charge is 0.388 e. The zero-order valence-corrected chi connectivity index (χ0v) is 16.7. The topological polar surface area (TPSA) is 66.4 Å². The first-order valence-corrected chi connectivity index (χ1v) is 10.5. The lowest BCUT2D eigenvalue weighted by Gasteiger charge is -2.15. The summed E-state index contributed by atoms with van der Waals surface area (Å²) in [5.41, 5.74) is 3.55. The van der Waals surface area contributed by atoms with Crippen LogP contribution in [0.25, 0.3) is 10.8 Å². The lowest BCUT2D eigenvalue weighted by molar-refractivity contribution is 0.170. The van der Waals surface area contributed by atoms with Gasteiger partial charge >= 0.3 is 0 Å². The van der Waals surface area contributed by atoms with Crippen molar-refractivity contribution >= 4 is 20.8 Å². The van der Waals surface area contributed by atoms with Crippen LogP contribution in [0.4, 0.5) is 0 Å². The fraction of sp³-hybridized carbons (Fsp3) is 0.273. The van der Waals surface area contributed by atoms with Crippen molar-refractivity contribution in [3.8, 4) is 0 Å². The molecule has 0 bridgehead atoms. The molecular formula is C22H25NO3S. The van der Waals surface area contributed by atoms with E-state index in [-0.39, 0.29) is 6.54 Å². The van der Waals surface area contributed by atoms with Gasteiger partial charge in [-0.15, -0.1) is 0 Å². The molecule has 0 radical (unpaired) electrons. The van der Waals surface area contributed by atoms with Crippen molar-refractivity contribution in [2.45, 2.75) is 38.2 Å². The van der Waals surface area contributed by atoms with Crippen LogP contribution in [-0.2, 0) is 10.0 Å². The highest BCUT2D eigenvalue weighted by atomic mass is 32.2. The summed E-state index contributed by atoms with van der Waals surface area (Å²) < 4.78 is 27.9. The number of nitrogens with one attached hydrogen (secondary N) is 1. The molecule has 1 atom stereocenters. The molecule has 1 unspecified atom stereocenters. The van der Waals surface area contributed by atoms with Gasteiger partial charge in [-0.05, 0) is 66.3 Å². The smallest absolute Gasteiger partial charge is 0.240 e. The number of aliphatic hydroxyl groups excluding tert-OH is 1. The van der Waals surface area contributed by atoms with Gasteiger partial charge in [0.2, 0.25) is 10.0 Å². The van der Waals surface area contributed by atoms with Gasteiger partial charge < -0.3 is 5.11 Å². The van der Waals surface area contributed by atoms with E-state index in [0.717, 1.165) is 33.0 Å². The molecule has 0 aliphatic rings. The number of benzene rings is 3. The van der Waals surface area contributed by atoms with Crippen molar-refractivity contribution in [1.29, 1.82) is 0 Å². The van der Waals surface area contributed by atoms with E-state index in [1.165, 1.54) is 0 Å². The summed E-state index contributed by atoms with van der Waals surface area (Å²) in [5, 5.41) is 12.6. The molecule has 142 valence electrons. The third kappa shape index (κ3) is 4.21. The van der Waals surface area contributed by atoms with Crippen LogP contribution < -0.4 is 4.72 Å². The first-order valence-electron chi connectivity index (χ1n) is 9.03. The van der Waals surface area contributed by atoms with Crippen LogP contribution in [0.1, 0.15) is 34.8 Å². The Morgan fingerprint density at radius 2 is 1.59 bits per heavy atom. The molecule has 0 aromatic heterocycles. The number of rotatable bonds is 6. The summed E-state index contributed by atoms with van der Waals surface area (Å²) >= 11 is 0. The van der Waals surface area contributed by atoms with Gasteiger partial charge in [-0.2, -0.15) is 0 Å². The van der Waals surface area contributed by atoms with Crippen molar-refractivity contribution in [3.05, 3.63) is 76.9 Å². The zero-order chi connectivity index (χ0) is 19.6. The fourth-order valence-electron chi connectivity index (χ4n) is 3.33. The summed E-state index contributed by atoms with van der Waals surface area (Å²) in [6, 6.07) is 17.2. The molecule has 0 spiro atoms. The Balaban J connectivity index is 1.73. The molecule has 0 saturated carbocycles. The Morgan fingerprint density at radius 3 is 2.37 bits per heavy atom. The highest BCUT2D eigenvalue weighted by Gasteiger charge is 2.19. The maximum atomic E-state index is 12.7. The Kier molecular flexibility index (Phi) is 5.65. The van der Waals surface area contributed by atoms with Gasteiger partial charge in [0.05, 0.1) is 11.0 Å². The monoisotopic (exact) mass is 383 g/mol. The van der Waals surface area contributed by atoms with Crippen molar-refractivity contribution in [3.63, 3.8) is 0 Å². The van der Waals surface area contributed by atoms with E-state index in [9.17, 15) is 13.5 Å². The lowest BCUT2D eigenvalue weighted by atomic mass is 9.99. The first-order chi connectivity index (χ1) is 12.8. The maximum absolute atomic E-state index is 12.7. The van der Waals surface area contributed by atoms with Crippen LogP contribution in [0.5, 0.6) is 0 Å². The van der Waals surface area contributed by atoms with E-state index < -0.39 is 16.1 Å². The van der Waals surface area contributed by atoms with Crippen LogP contribution in [-0.4, -0.2) is 20.1 Å². The van der Waals surface area contributed by atoms with Gasteiger partial charge in [-0.1, -0.05) is 48.5 Å². The Morgan fingerprint density at radius 1 is 0.926 bits per heavy atom. The molecule has 0 heterocycles. The van der Waals surface area contributed by atoms with Gasteiger partial charge in [0, 0.05) is 6.54 Å². The summed E-state index contributed by atoms with van der Waals surface area (Å²) in [7, 11) is -3.61. The lowest BCUT2D eigenvalue weighted by Crippen LogP contribution is -2.26.